The molecule has 1 aliphatic heterocycles. The molecule has 0 aromatic heterocycles. The third kappa shape index (κ3) is 7.22. The Morgan fingerprint density at radius 1 is 1.12 bits per heavy atom. The fourth-order valence-electron chi connectivity index (χ4n) is 3.52. The number of alkyl halides is 3. The molecule has 2 aromatic rings. The van der Waals surface area contributed by atoms with Crippen LogP contribution in [0.15, 0.2) is 48.5 Å². The summed E-state index contributed by atoms with van der Waals surface area (Å²) < 4.78 is 64.4. The number of unbranched alkanes of at least 4 members (excludes halogenated alkanes) is 1. The monoisotopic (exact) mass is 497 g/mol. The second-order valence-electron chi connectivity index (χ2n) is 7.94. The number of carbonyl (C=O) groups is 1. The average molecular weight is 498 g/mol. The van der Waals surface area contributed by atoms with Crippen molar-refractivity contribution < 1.29 is 30.6 Å². The minimum absolute atomic E-state index is 0.190. The number of halogens is 3. The lowest BCUT2D eigenvalue weighted by molar-refractivity contribution is -0.116. The second kappa shape index (κ2) is 10.9. The van der Waals surface area contributed by atoms with E-state index in [4.69, 9.17) is 5.73 Å². The summed E-state index contributed by atoms with van der Waals surface area (Å²) in [4.78, 5) is 14.1. The van der Waals surface area contributed by atoms with E-state index in [1.54, 1.807) is 24.3 Å². The first kappa shape index (κ1) is 25.6. The highest BCUT2D eigenvalue weighted by Gasteiger charge is 2.48. The number of hydrogen-bond acceptors (Lipinski definition) is 6. The molecule has 11 heteroatoms. The Morgan fingerprint density at radius 3 is 2.56 bits per heavy atom. The number of fused-ring (bicyclic) bond motifs is 1. The van der Waals surface area contributed by atoms with Crippen molar-refractivity contribution in [3.8, 4) is 5.75 Å². The zero-order valence-corrected chi connectivity index (χ0v) is 19.2. The molecular formula is C23H26F3N3O4S. The van der Waals surface area contributed by atoms with Crippen molar-refractivity contribution in [1.82, 2.24) is 10.2 Å². The highest BCUT2D eigenvalue weighted by molar-refractivity contribution is 7.88. The third-order valence-electron chi connectivity index (χ3n) is 5.32. The molecule has 1 aliphatic rings. The predicted octanol–water partition coefficient (Wildman–Crippen LogP) is 3.47. The van der Waals surface area contributed by atoms with Crippen LogP contribution in [0.2, 0.25) is 0 Å². The lowest BCUT2D eigenvalue weighted by Crippen LogP contribution is -2.32. The van der Waals surface area contributed by atoms with Gasteiger partial charge in [-0.15, -0.1) is 0 Å². The van der Waals surface area contributed by atoms with Crippen molar-refractivity contribution in [2.24, 2.45) is 0 Å². The van der Waals surface area contributed by atoms with Gasteiger partial charge in [-0.25, -0.2) is 0 Å². The number of amides is 1. The molecule has 0 bridgehead atoms. The Balaban J connectivity index is 1.41. The molecule has 0 aliphatic carbocycles. The molecule has 7 nitrogen and oxygen atoms in total. The number of nitrogen functional groups attached to an aromatic ring is 1. The number of nitrogens with two attached hydrogens (primary N) is 1. The van der Waals surface area contributed by atoms with Gasteiger partial charge in [-0.05, 0) is 72.8 Å². The summed E-state index contributed by atoms with van der Waals surface area (Å²) in [5, 5.41) is 2.82. The maximum Gasteiger partial charge on any atom is 0.534 e. The van der Waals surface area contributed by atoms with Crippen LogP contribution in [0.4, 0.5) is 18.9 Å². The molecule has 3 N–H and O–H groups in total. The van der Waals surface area contributed by atoms with Crippen LogP contribution < -0.4 is 15.2 Å². The van der Waals surface area contributed by atoms with Crippen molar-refractivity contribution in [2.75, 3.05) is 25.4 Å². The number of hydrogen-bond donors (Lipinski definition) is 2. The van der Waals surface area contributed by atoms with Crippen molar-refractivity contribution in [3.63, 3.8) is 0 Å². The summed E-state index contributed by atoms with van der Waals surface area (Å²) in [6.45, 7) is 2.52. The van der Waals surface area contributed by atoms with Crippen LogP contribution in [0.25, 0.3) is 6.08 Å². The van der Waals surface area contributed by atoms with Crippen LogP contribution in [0.5, 0.6) is 5.75 Å². The van der Waals surface area contributed by atoms with Gasteiger partial charge in [-0.3, -0.25) is 9.69 Å². The smallest absolute Gasteiger partial charge is 0.399 e. The van der Waals surface area contributed by atoms with Gasteiger partial charge in [0.15, 0.2) is 0 Å². The number of benzene rings is 2. The molecule has 3 rings (SSSR count). The van der Waals surface area contributed by atoms with E-state index >= 15 is 0 Å². The van der Waals surface area contributed by atoms with Crippen LogP contribution in [-0.4, -0.2) is 44.4 Å². The average Bonchev–Trinajstić information content (AvgIpc) is 2.77. The van der Waals surface area contributed by atoms with Crippen molar-refractivity contribution in [2.45, 2.75) is 31.3 Å². The zero-order chi connectivity index (χ0) is 24.8. The molecule has 0 saturated heterocycles. The predicted molar refractivity (Wildman–Crippen MR) is 123 cm³/mol. The van der Waals surface area contributed by atoms with Gasteiger partial charge in [0, 0.05) is 31.4 Å². The quantitative estimate of drug-likeness (QED) is 0.181. The van der Waals surface area contributed by atoms with E-state index in [0.717, 1.165) is 42.6 Å². The molecular weight excluding hydrogens is 471 g/mol. The number of carbonyl (C=O) groups excluding carboxylic acids is 1. The van der Waals surface area contributed by atoms with E-state index in [-0.39, 0.29) is 11.7 Å². The van der Waals surface area contributed by atoms with E-state index in [2.05, 4.69) is 14.4 Å². The fourth-order valence-corrected chi connectivity index (χ4v) is 3.97. The molecule has 2 aromatic carbocycles. The maximum atomic E-state index is 12.6. The van der Waals surface area contributed by atoms with Crippen LogP contribution >= 0.6 is 0 Å². The van der Waals surface area contributed by atoms with Gasteiger partial charge in [-0.2, -0.15) is 21.6 Å². The summed E-state index contributed by atoms with van der Waals surface area (Å²) in [5.41, 5.74) is 3.37. The summed E-state index contributed by atoms with van der Waals surface area (Å²) in [6, 6.07) is 11.3. The van der Waals surface area contributed by atoms with Crippen LogP contribution in [0.3, 0.4) is 0 Å². The molecule has 0 fully saturated rings. The Kier molecular flexibility index (Phi) is 8.21. The van der Waals surface area contributed by atoms with Gasteiger partial charge in [0.2, 0.25) is 5.91 Å². The molecule has 34 heavy (non-hydrogen) atoms. The molecule has 1 amide bonds. The van der Waals surface area contributed by atoms with E-state index in [1.165, 1.54) is 18.2 Å². The van der Waals surface area contributed by atoms with Crippen LogP contribution in [-0.2, 0) is 27.9 Å². The third-order valence-corrected chi connectivity index (χ3v) is 6.30. The van der Waals surface area contributed by atoms with Crippen molar-refractivity contribution >= 4 is 27.8 Å². The number of nitrogens with zero attached hydrogens (tertiary/aromatic N) is 1. The molecule has 0 atom stereocenters. The Bertz CT molecular complexity index is 1130. The van der Waals surface area contributed by atoms with Crippen LogP contribution in [0.1, 0.15) is 29.5 Å². The summed E-state index contributed by atoms with van der Waals surface area (Å²) in [7, 11) is -5.70. The molecule has 0 radical (unpaired) electrons. The first-order valence-electron chi connectivity index (χ1n) is 10.7. The fraction of sp³-hybridized carbons (Fsp3) is 0.348. The van der Waals surface area contributed by atoms with Crippen LogP contribution in [0, 0.1) is 0 Å². The molecule has 0 saturated carbocycles. The van der Waals surface area contributed by atoms with E-state index in [9.17, 15) is 26.4 Å². The first-order valence-corrected chi connectivity index (χ1v) is 12.1. The second-order valence-corrected chi connectivity index (χ2v) is 9.48. The van der Waals surface area contributed by atoms with E-state index in [1.807, 2.05) is 12.1 Å². The lowest BCUT2D eigenvalue weighted by atomic mass is 9.99. The molecule has 0 unspecified atom stereocenters. The van der Waals surface area contributed by atoms with Crippen molar-refractivity contribution in [3.05, 3.63) is 65.2 Å². The first-order chi connectivity index (χ1) is 16.0. The minimum atomic E-state index is -5.70. The normalized spacial score (nSPS) is 14.7. The zero-order valence-electron chi connectivity index (χ0n) is 18.3. The Morgan fingerprint density at radius 2 is 1.85 bits per heavy atom. The van der Waals surface area contributed by atoms with E-state index in [0.29, 0.717) is 25.2 Å². The largest absolute Gasteiger partial charge is 0.534 e. The molecule has 1 heterocycles. The van der Waals surface area contributed by atoms with E-state index < -0.39 is 15.6 Å². The highest BCUT2D eigenvalue weighted by atomic mass is 32.2. The van der Waals surface area contributed by atoms with Gasteiger partial charge < -0.3 is 15.2 Å². The van der Waals surface area contributed by atoms with Gasteiger partial charge in [0.1, 0.15) is 5.75 Å². The number of anilines is 1. The summed E-state index contributed by atoms with van der Waals surface area (Å²) in [6.07, 6.45) is 5.45. The van der Waals surface area contributed by atoms with Crippen molar-refractivity contribution in [1.29, 1.82) is 0 Å². The summed E-state index contributed by atoms with van der Waals surface area (Å²) >= 11 is 0. The maximum absolute atomic E-state index is 12.6. The van der Waals surface area contributed by atoms with Gasteiger partial charge in [-0.1, -0.05) is 18.2 Å². The highest BCUT2D eigenvalue weighted by Crippen LogP contribution is 2.29. The van der Waals surface area contributed by atoms with Gasteiger partial charge in [0.05, 0.1) is 0 Å². The van der Waals surface area contributed by atoms with Gasteiger partial charge >= 0.3 is 15.6 Å². The summed E-state index contributed by atoms with van der Waals surface area (Å²) in [5.74, 6) is -0.544. The number of rotatable bonds is 9. The molecule has 184 valence electrons. The minimum Gasteiger partial charge on any atom is -0.399 e. The SMILES string of the molecule is Nc1ccc(/C=C/C(=O)NCCCCN2CCc3ccc(OS(=O)(=O)C(F)(F)F)cc3C2)cc1. The lowest BCUT2D eigenvalue weighted by Gasteiger charge is -2.29. The Hall–Kier alpha value is -3.05. The molecule has 0 spiro atoms. The van der Waals surface area contributed by atoms with Gasteiger partial charge in [0.25, 0.3) is 0 Å². The topological polar surface area (TPSA) is 102 Å². The number of nitrogens with one attached hydrogen (secondary N) is 1. The standard InChI is InChI=1S/C23H26F3N3O4S/c24-23(25,26)34(31,32)33-21-9-6-18-11-14-29(16-19(18)15-21)13-2-1-12-28-22(30)10-5-17-3-7-20(27)8-4-17/h3-10,15H,1-2,11-14,16,27H2,(H,28,30)/b10-5+. The Labute approximate surface area is 196 Å².